The average molecular weight is 317 g/mol. The first kappa shape index (κ1) is 13.2. The van der Waals surface area contributed by atoms with Gasteiger partial charge in [-0.15, -0.1) is 11.6 Å². The number of imidazole rings is 1. The van der Waals surface area contributed by atoms with Gasteiger partial charge < -0.3 is 4.57 Å². The quantitative estimate of drug-likeness (QED) is 0.589. The van der Waals surface area contributed by atoms with Gasteiger partial charge in [0.1, 0.15) is 5.82 Å². The molecule has 1 aliphatic rings. The Hall–Kier alpha value is -1.51. The smallest absolute Gasteiger partial charge is 0.141 e. The van der Waals surface area contributed by atoms with Gasteiger partial charge >= 0.3 is 0 Å². The summed E-state index contributed by atoms with van der Waals surface area (Å²) in [4.78, 5) is 4.82. The van der Waals surface area contributed by atoms with Crippen molar-refractivity contribution in [1.29, 1.82) is 0 Å². The SMILES string of the molecule is ClCc1cccc(-c2nc3ccc(Cl)cc3n2C2CC2)c1. The molecule has 0 spiro atoms. The number of rotatable bonds is 3. The van der Waals surface area contributed by atoms with E-state index in [1.54, 1.807) is 0 Å². The normalized spacial score (nSPS) is 14.8. The van der Waals surface area contributed by atoms with Crippen LogP contribution >= 0.6 is 23.2 Å². The second-order valence-electron chi connectivity index (χ2n) is 5.50. The van der Waals surface area contributed by atoms with E-state index in [-0.39, 0.29) is 0 Å². The van der Waals surface area contributed by atoms with Crippen LogP contribution in [-0.4, -0.2) is 9.55 Å². The molecule has 0 atom stereocenters. The number of benzene rings is 2. The zero-order chi connectivity index (χ0) is 14.4. The molecule has 2 aromatic carbocycles. The number of halogens is 2. The first-order valence-corrected chi connectivity index (χ1v) is 8.00. The molecule has 1 aromatic heterocycles. The molecule has 1 fully saturated rings. The van der Waals surface area contributed by atoms with Crippen molar-refractivity contribution in [2.45, 2.75) is 24.8 Å². The molecule has 0 aliphatic heterocycles. The van der Waals surface area contributed by atoms with Crippen molar-refractivity contribution >= 4 is 34.2 Å². The Labute approximate surface area is 133 Å². The van der Waals surface area contributed by atoms with Gasteiger partial charge in [0.2, 0.25) is 0 Å². The fourth-order valence-electron chi connectivity index (χ4n) is 2.77. The molecule has 3 aromatic rings. The van der Waals surface area contributed by atoms with E-state index >= 15 is 0 Å². The predicted molar refractivity (Wildman–Crippen MR) is 88.0 cm³/mol. The molecule has 0 unspecified atom stereocenters. The molecule has 21 heavy (non-hydrogen) atoms. The Balaban J connectivity index is 1.97. The summed E-state index contributed by atoms with van der Waals surface area (Å²) >= 11 is 12.1. The largest absolute Gasteiger partial charge is 0.321 e. The molecule has 0 radical (unpaired) electrons. The number of aromatic nitrogens is 2. The standard InChI is InChI=1S/C17H14Cl2N2/c18-10-11-2-1-3-12(8-11)17-20-15-7-4-13(19)9-16(15)21(17)14-5-6-14/h1-4,7-9,14H,5-6,10H2. The lowest BCUT2D eigenvalue weighted by atomic mass is 10.1. The van der Waals surface area contributed by atoms with Crippen LogP contribution in [0.15, 0.2) is 42.5 Å². The molecule has 0 amide bonds. The van der Waals surface area contributed by atoms with Gasteiger partial charge in [-0.25, -0.2) is 4.98 Å². The van der Waals surface area contributed by atoms with Gasteiger partial charge in [-0.05, 0) is 42.7 Å². The fourth-order valence-corrected chi connectivity index (χ4v) is 3.10. The van der Waals surface area contributed by atoms with Crippen LogP contribution in [0.4, 0.5) is 0 Å². The summed E-state index contributed by atoms with van der Waals surface area (Å²) < 4.78 is 2.33. The number of hydrogen-bond acceptors (Lipinski definition) is 1. The minimum absolute atomic E-state index is 0.517. The van der Waals surface area contributed by atoms with Crippen molar-refractivity contribution < 1.29 is 0 Å². The first-order chi connectivity index (χ1) is 10.3. The van der Waals surface area contributed by atoms with Gasteiger partial charge in [0.15, 0.2) is 0 Å². The Bertz CT molecular complexity index is 819. The monoisotopic (exact) mass is 316 g/mol. The van der Waals surface area contributed by atoms with Crippen LogP contribution in [0.2, 0.25) is 5.02 Å². The van der Waals surface area contributed by atoms with Crippen LogP contribution in [0.3, 0.4) is 0 Å². The highest BCUT2D eigenvalue weighted by Crippen LogP contribution is 2.41. The van der Waals surface area contributed by atoms with E-state index < -0.39 is 0 Å². The van der Waals surface area contributed by atoms with Crippen molar-refractivity contribution in [3.05, 3.63) is 53.1 Å². The first-order valence-electron chi connectivity index (χ1n) is 7.09. The molecular weight excluding hydrogens is 303 g/mol. The molecule has 4 heteroatoms. The Morgan fingerprint density at radius 1 is 1.14 bits per heavy atom. The topological polar surface area (TPSA) is 17.8 Å². The molecular formula is C17H14Cl2N2. The lowest BCUT2D eigenvalue weighted by molar-refractivity contribution is 0.775. The Morgan fingerprint density at radius 3 is 2.76 bits per heavy atom. The van der Waals surface area contributed by atoms with E-state index in [9.17, 15) is 0 Å². The van der Waals surface area contributed by atoms with E-state index in [2.05, 4.69) is 16.7 Å². The average Bonchev–Trinajstić information content (AvgIpc) is 3.28. The van der Waals surface area contributed by atoms with E-state index in [1.807, 2.05) is 30.3 Å². The van der Waals surface area contributed by atoms with Crippen molar-refractivity contribution in [3.63, 3.8) is 0 Å². The van der Waals surface area contributed by atoms with Gasteiger partial charge in [0, 0.05) is 22.5 Å². The minimum Gasteiger partial charge on any atom is -0.321 e. The highest BCUT2D eigenvalue weighted by Gasteiger charge is 2.28. The zero-order valence-corrected chi connectivity index (χ0v) is 12.9. The highest BCUT2D eigenvalue weighted by molar-refractivity contribution is 6.31. The summed E-state index contributed by atoms with van der Waals surface area (Å²) in [5.41, 5.74) is 4.35. The molecule has 2 nitrogen and oxygen atoms in total. The zero-order valence-electron chi connectivity index (χ0n) is 11.4. The van der Waals surface area contributed by atoms with Crippen LogP contribution in [0, 0.1) is 0 Å². The lowest BCUT2D eigenvalue weighted by Crippen LogP contribution is -1.97. The molecule has 0 N–H and O–H groups in total. The Morgan fingerprint density at radius 2 is 2.00 bits per heavy atom. The molecule has 0 saturated heterocycles. The predicted octanol–water partition coefficient (Wildman–Crippen LogP) is 5.43. The summed E-state index contributed by atoms with van der Waals surface area (Å²) in [6.45, 7) is 0. The summed E-state index contributed by atoms with van der Waals surface area (Å²) in [5.74, 6) is 1.53. The second kappa shape index (κ2) is 5.04. The molecule has 1 saturated carbocycles. The fraction of sp³-hybridized carbons (Fsp3) is 0.235. The van der Waals surface area contributed by atoms with E-state index in [1.165, 1.54) is 12.8 Å². The van der Waals surface area contributed by atoms with Crippen molar-refractivity contribution in [3.8, 4) is 11.4 Å². The lowest BCUT2D eigenvalue weighted by Gasteiger charge is -2.08. The highest BCUT2D eigenvalue weighted by atomic mass is 35.5. The third kappa shape index (κ3) is 2.33. The van der Waals surface area contributed by atoms with Gasteiger partial charge in [-0.3, -0.25) is 0 Å². The number of nitrogens with zero attached hydrogens (tertiary/aromatic N) is 2. The number of fused-ring (bicyclic) bond motifs is 1. The van der Waals surface area contributed by atoms with Crippen LogP contribution in [-0.2, 0) is 5.88 Å². The van der Waals surface area contributed by atoms with Gasteiger partial charge in [0.05, 0.1) is 11.0 Å². The maximum Gasteiger partial charge on any atom is 0.141 e. The molecule has 4 rings (SSSR count). The van der Waals surface area contributed by atoms with Crippen LogP contribution < -0.4 is 0 Å². The number of alkyl halides is 1. The maximum atomic E-state index is 6.16. The molecule has 106 valence electrons. The third-order valence-electron chi connectivity index (χ3n) is 3.90. The van der Waals surface area contributed by atoms with Gasteiger partial charge in [-0.1, -0.05) is 29.8 Å². The van der Waals surface area contributed by atoms with E-state index in [4.69, 9.17) is 28.2 Å². The minimum atomic E-state index is 0.517. The van der Waals surface area contributed by atoms with E-state index in [0.717, 1.165) is 33.0 Å². The number of hydrogen-bond donors (Lipinski definition) is 0. The summed E-state index contributed by atoms with van der Waals surface area (Å²) in [7, 11) is 0. The summed E-state index contributed by atoms with van der Waals surface area (Å²) in [6, 6.07) is 14.7. The van der Waals surface area contributed by atoms with Crippen LogP contribution in [0.5, 0.6) is 0 Å². The maximum absolute atomic E-state index is 6.16. The molecule has 1 heterocycles. The van der Waals surface area contributed by atoms with E-state index in [0.29, 0.717) is 11.9 Å². The van der Waals surface area contributed by atoms with Gasteiger partial charge in [0.25, 0.3) is 0 Å². The molecule has 0 bridgehead atoms. The van der Waals surface area contributed by atoms with Gasteiger partial charge in [-0.2, -0.15) is 0 Å². The summed E-state index contributed by atoms with van der Waals surface area (Å²) in [6.07, 6.45) is 2.42. The van der Waals surface area contributed by atoms with Crippen molar-refractivity contribution in [2.75, 3.05) is 0 Å². The Kier molecular flexibility index (Phi) is 3.16. The van der Waals surface area contributed by atoms with Crippen molar-refractivity contribution in [2.24, 2.45) is 0 Å². The van der Waals surface area contributed by atoms with Crippen LogP contribution in [0.1, 0.15) is 24.4 Å². The van der Waals surface area contributed by atoms with Crippen molar-refractivity contribution in [1.82, 2.24) is 9.55 Å². The summed E-state index contributed by atoms with van der Waals surface area (Å²) in [5, 5.41) is 0.755. The van der Waals surface area contributed by atoms with Crippen LogP contribution in [0.25, 0.3) is 22.4 Å². The third-order valence-corrected chi connectivity index (χ3v) is 4.45. The second-order valence-corrected chi connectivity index (χ2v) is 6.21. The molecule has 1 aliphatic carbocycles.